The summed E-state index contributed by atoms with van der Waals surface area (Å²) in [5.74, 6) is 2.05. The number of aromatic nitrogens is 2. The van der Waals surface area contributed by atoms with Crippen molar-refractivity contribution >= 4 is 17.5 Å². The SMILES string of the molecule is C[C@@H]1[C@H](C)CCC[C@H]1NC(=O)c1nc(-c2ccc(Cl)cc2)n2c1CCCCC2. The number of benzene rings is 1. The Labute approximate surface area is 172 Å². The van der Waals surface area contributed by atoms with Crippen LogP contribution in [-0.2, 0) is 13.0 Å². The van der Waals surface area contributed by atoms with E-state index in [1.165, 1.54) is 19.3 Å². The molecule has 1 saturated carbocycles. The quantitative estimate of drug-likeness (QED) is 0.742. The number of hydrogen-bond acceptors (Lipinski definition) is 2. The molecule has 2 heterocycles. The molecule has 1 N–H and O–H groups in total. The molecule has 0 bridgehead atoms. The molecule has 4 rings (SSSR count). The zero-order chi connectivity index (χ0) is 19.7. The molecule has 2 aromatic rings. The average Bonchev–Trinajstić information content (AvgIpc) is 2.88. The fraction of sp³-hybridized carbons (Fsp3) is 0.565. The summed E-state index contributed by atoms with van der Waals surface area (Å²) in [5, 5.41) is 4.04. The Morgan fingerprint density at radius 2 is 1.89 bits per heavy atom. The van der Waals surface area contributed by atoms with Crippen molar-refractivity contribution in [1.82, 2.24) is 14.9 Å². The van der Waals surface area contributed by atoms with Gasteiger partial charge in [0.15, 0.2) is 0 Å². The maximum absolute atomic E-state index is 13.2. The topological polar surface area (TPSA) is 46.9 Å². The van der Waals surface area contributed by atoms with Crippen molar-refractivity contribution < 1.29 is 4.79 Å². The smallest absolute Gasteiger partial charge is 0.272 e. The van der Waals surface area contributed by atoms with Crippen LogP contribution in [0.3, 0.4) is 0 Å². The first-order chi connectivity index (χ1) is 13.5. The van der Waals surface area contributed by atoms with Gasteiger partial charge in [0, 0.05) is 23.2 Å². The van der Waals surface area contributed by atoms with E-state index in [-0.39, 0.29) is 11.9 Å². The molecule has 28 heavy (non-hydrogen) atoms. The second-order valence-electron chi connectivity index (χ2n) is 8.55. The van der Waals surface area contributed by atoms with E-state index < -0.39 is 0 Å². The van der Waals surface area contributed by atoms with Crippen LogP contribution in [-0.4, -0.2) is 21.5 Å². The molecule has 1 aromatic heterocycles. The van der Waals surface area contributed by atoms with Crippen molar-refractivity contribution in [2.24, 2.45) is 11.8 Å². The average molecular weight is 400 g/mol. The second kappa shape index (κ2) is 8.28. The number of hydrogen-bond donors (Lipinski definition) is 1. The number of fused-ring (bicyclic) bond motifs is 1. The largest absolute Gasteiger partial charge is 0.348 e. The van der Waals surface area contributed by atoms with Crippen LogP contribution in [0.4, 0.5) is 0 Å². The molecule has 2 aliphatic rings. The van der Waals surface area contributed by atoms with E-state index in [1.807, 2.05) is 24.3 Å². The van der Waals surface area contributed by atoms with Crippen LogP contribution < -0.4 is 5.32 Å². The molecule has 1 fully saturated rings. The molecule has 150 valence electrons. The standard InChI is InChI=1S/C23H30ClN3O/c1-15-7-6-8-19(16(15)2)25-23(28)21-20-9-4-3-5-14-27(20)22(26-21)17-10-12-18(24)13-11-17/h10-13,15-16,19H,3-9,14H2,1-2H3,(H,25,28)/t15-,16-,19-/m1/s1. The van der Waals surface area contributed by atoms with Gasteiger partial charge in [-0.1, -0.05) is 44.7 Å². The number of amides is 1. The number of rotatable bonds is 3. The highest BCUT2D eigenvalue weighted by atomic mass is 35.5. The van der Waals surface area contributed by atoms with Gasteiger partial charge >= 0.3 is 0 Å². The van der Waals surface area contributed by atoms with Gasteiger partial charge in [-0.3, -0.25) is 4.79 Å². The molecule has 0 radical (unpaired) electrons. The van der Waals surface area contributed by atoms with Crippen molar-refractivity contribution in [1.29, 1.82) is 0 Å². The number of imidazole rings is 1. The minimum absolute atomic E-state index is 0.00295. The fourth-order valence-corrected chi connectivity index (χ4v) is 4.87. The lowest BCUT2D eigenvalue weighted by atomic mass is 9.78. The van der Waals surface area contributed by atoms with Crippen LogP contribution in [0.1, 0.15) is 68.6 Å². The van der Waals surface area contributed by atoms with E-state index >= 15 is 0 Å². The molecular weight excluding hydrogens is 370 g/mol. The minimum Gasteiger partial charge on any atom is -0.348 e. The summed E-state index contributed by atoms with van der Waals surface area (Å²) in [7, 11) is 0. The number of halogens is 1. The van der Waals surface area contributed by atoms with Crippen LogP contribution in [0.2, 0.25) is 5.02 Å². The van der Waals surface area contributed by atoms with Gasteiger partial charge in [-0.05, 0) is 61.8 Å². The third kappa shape index (κ3) is 3.84. The van der Waals surface area contributed by atoms with Crippen LogP contribution in [0.15, 0.2) is 24.3 Å². The third-order valence-corrected chi connectivity index (χ3v) is 6.96. The van der Waals surface area contributed by atoms with Crippen molar-refractivity contribution in [2.75, 3.05) is 0 Å². The van der Waals surface area contributed by atoms with Crippen LogP contribution in [0, 0.1) is 11.8 Å². The highest BCUT2D eigenvalue weighted by molar-refractivity contribution is 6.30. The molecule has 5 heteroatoms. The second-order valence-corrected chi connectivity index (χ2v) is 8.98. The highest BCUT2D eigenvalue weighted by Gasteiger charge is 2.31. The first kappa shape index (κ1) is 19.5. The molecule has 4 nitrogen and oxygen atoms in total. The first-order valence-corrected chi connectivity index (χ1v) is 11.1. The Morgan fingerprint density at radius 3 is 2.68 bits per heavy atom. The summed E-state index contributed by atoms with van der Waals surface area (Å²) < 4.78 is 2.26. The summed E-state index contributed by atoms with van der Waals surface area (Å²) in [6, 6.07) is 8.02. The predicted molar refractivity (Wildman–Crippen MR) is 114 cm³/mol. The van der Waals surface area contributed by atoms with Crippen LogP contribution >= 0.6 is 11.6 Å². The van der Waals surface area contributed by atoms with Crippen molar-refractivity contribution in [3.63, 3.8) is 0 Å². The number of carbonyl (C=O) groups is 1. The van der Waals surface area contributed by atoms with Gasteiger partial charge in [-0.2, -0.15) is 0 Å². The third-order valence-electron chi connectivity index (χ3n) is 6.71. The zero-order valence-corrected chi connectivity index (χ0v) is 17.6. The summed E-state index contributed by atoms with van der Waals surface area (Å²) in [4.78, 5) is 18.1. The van der Waals surface area contributed by atoms with Gasteiger partial charge in [-0.25, -0.2) is 4.98 Å². The number of carbonyl (C=O) groups excluding carboxylic acids is 1. The molecule has 0 saturated heterocycles. The lowest BCUT2D eigenvalue weighted by Gasteiger charge is -2.34. The van der Waals surface area contributed by atoms with Crippen LogP contribution in [0.25, 0.3) is 11.4 Å². The fourth-order valence-electron chi connectivity index (χ4n) is 4.74. The van der Waals surface area contributed by atoms with Gasteiger partial charge in [0.1, 0.15) is 11.5 Å². The van der Waals surface area contributed by atoms with E-state index in [0.29, 0.717) is 22.6 Å². The Kier molecular flexibility index (Phi) is 5.77. The monoisotopic (exact) mass is 399 g/mol. The number of nitrogens with one attached hydrogen (secondary N) is 1. The first-order valence-electron chi connectivity index (χ1n) is 10.7. The van der Waals surface area contributed by atoms with Gasteiger partial charge in [-0.15, -0.1) is 0 Å². The van der Waals surface area contributed by atoms with Crippen LogP contribution in [0.5, 0.6) is 0 Å². The molecule has 0 spiro atoms. The summed E-state index contributed by atoms with van der Waals surface area (Å²) >= 11 is 6.07. The zero-order valence-electron chi connectivity index (χ0n) is 16.9. The lowest BCUT2D eigenvalue weighted by molar-refractivity contribution is 0.0885. The Hall–Kier alpha value is -1.81. The van der Waals surface area contributed by atoms with Crippen molar-refractivity contribution in [3.05, 3.63) is 40.7 Å². The van der Waals surface area contributed by atoms with E-state index in [1.54, 1.807) is 0 Å². The van der Waals surface area contributed by atoms with Gasteiger partial charge in [0.25, 0.3) is 5.91 Å². The molecule has 3 atom stereocenters. The van der Waals surface area contributed by atoms with E-state index in [4.69, 9.17) is 16.6 Å². The van der Waals surface area contributed by atoms with E-state index in [0.717, 1.165) is 49.3 Å². The normalized spacial score (nSPS) is 25.0. The molecule has 1 aliphatic carbocycles. The van der Waals surface area contributed by atoms with E-state index in [2.05, 4.69) is 23.7 Å². The predicted octanol–water partition coefficient (Wildman–Crippen LogP) is 5.48. The van der Waals surface area contributed by atoms with Crippen molar-refractivity contribution in [2.45, 2.75) is 71.4 Å². The molecular formula is C23H30ClN3O. The Bertz CT molecular complexity index is 842. The maximum Gasteiger partial charge on any atom is 0.272 e. The van der Waals surface area contributed by atoms with Crippen molar-refractivity contribution in [3.8, 4) is 11.4 Å². The molecule has 1 amide bonds. The number of nitrogens with zero attached hydrogens (tertiary/aromatic N) is 2. The van der Waals surface area contributed by atoms with Gasteiger partial charge in [0.2, 0.25) is 0 Å². The molecule has 1 aliphatic heterocycles. The minimum atomic E-state index is -0.00295. The Balaban J connectivity index is 1.66. The molecule has 0 unspecified atom stereocenters. The van der Waals surface area contributed by atoms with E-state index in [9.17, 15) is 4.79 Å². The lowest BCUT2D eigenvalue weighted by Crippen LogP contribution is -2.44. The summed E-state index contributed by atoms with van der Waals surface area (Å²) in [5.41, 5.74) is 2.74. The Morgan fingerprint density at radius 1 is 1.11 bits per heavy atom. The summed E-state index contributed by atoms with van der Waals surface area (Å²) in [6.07, 6.45) is 7.87. The maximum atomic E-state index is 13.2. The summed E-state index contributed by atoms with van der Waals surface area (Å²) in [6.45, 7) is 5.48. The molecule has 1 aromatic carbocycles. The van der Waals surface area contributed by atoms with Gasteiger partial charge < -0.3 is 9.88 Å². The highest BCUT2D eigenvalue weighted by Crippen LogP contribution is 2.31. The van der Waals surface area contributed by atoms with Gasteiger partial charge in [0.05, 0.1) is 5.69 Å².